The first-order valence-corrected chi connectivity index (χ1v) is 3.68. The van der Waals surface area contributed by atoms with E-state index in [4.69, 9.17) is 0 Å². The van der Waals surface area contributed by atoms with Crippen molar-refractivity contribution >= 4 is 0 Å². The fourth-order valence-corrected chi connectivity index (χ4v) is 1.43. The van der Waals surface area contributed by atoms with Gasteiger partial charge in [-0.05, 0) is 32.7 Å². The number of aliphatic hydroxyl groups is 1. The van der Waals surface area contributed by atoms with Crippen LogP contribution in [0, 0.1) is 0 Å². The van der Waals surface area contributed by atoms with Gasteiger partial charge in [-0.2, -0.15) is 0 Å². The minimum absolute atomic E-state index is 0.0452. The molecule has 0 spiro atoms. The maximum atomic E-state index is 9.17. The molecule has 1 aliphatic rings. The SMILES string of the molecule is CN[C@H]1CCC[C@H](O)C1. The Kier molecular flexibility index (Phi) is 2.49. The molecule has 1 saturated carbocycles. The van der Waals surface area contributed by atoms with Gasteiger partial charge in [0.1, 0.15) is 0 Å². The molecule has 2 nitrogen and oxygen atoms in total. The van der Waals surface area contributed by atoms with Crippen LogP contribution in [0.2, 0.25) is 0 Å². The third kappa shape index (κ3) is 1.95. The van der Waals surface area contributed by atoms with E-state index in [9.17, 15) is 5.11 Å². The van der Waals surface area contributed by atoms with Crippen LogP contribution in [0.25, 0.3) is 0 Å². The molecule has 0 heterocycles. The molecule has 1 fully saturated rings. The summed E-state index contributed by atoms with van der Waals surface area (Å²) in [7, 11) is 1.96. The molecular weight excluding hydrogens is 114 g/mol. The maximum absolute atomic E-state index is 9.17. The van der Waals surface area contributed by atoms with Crippen molar-refractivity contribution in [2.24, 2.45) is 0 Å². The van der Waals surface area contributed by atoms with Crippen LogP contribution < -0.4 is 5.32 Å². The van der Waals surface area contributed by atoms with Gasteiger partial charge in [-0.1, -0.05) is 0 Å². The molecule has 54 valence electrons. The Bertz CT molecular complexity index is 85.0. The summed E-state index contributed by atoms with van der Waals surface area (Å²) in [5.41, 5.74) is 0. The van der Waals surface area contributed by atoms with Crippen LogP contribution >= 0.6 is 0 Å². The number of nitrogens with one attached hydrogen (secondary N) is 1. The Labute approximate surface area is 56.3 Å². The van der Waals surface area contributed by atoms with E-state index >= 15 is 0 Å². The van der Waals surface area contributed by atoms with Crippen molar-refractivity contribution in [2.45, 2.75) is 37.8 Å². The normalized spacial score (nSPS) is 36.7. The number of hydrogen-bond donors (Lipinski definition) is 2. The minimum atomic E-state index is -0.0452. The fourth-order valence-electron chi connectivity index (χ4n) is 1.43. The van der Waals surface area contributed by atoms with Crippen molar-refractivity contribution in [2.75, 3.05) is 7.05 Å². The Balaban J connectivity index is 2.23. The van der Waals surface area contributed by atoms with Gasteiger partial charge in [-0.15, -0.1) is 0 Å². The third-order valence-corrected chi connectivity index (χ3v) is 2.05. The van der Waals surface area contributed by atoms with Crippen molar-refractivity contribution in [3.8, 4) is 0 Å². The van der Waals surface area contributed by atoms with Crippen LogP contribution in [0.1, 0.15) is 25.7 Å². The predicted octanol–water partition coefficient (Wildman–Crippen LogP) is 0.509. The molecule has 1 rings (SSSR count). The Morgan fingerprint density at radius 2 is 2.22 bits per heavy atom. The average Bonchev–Trinajstić information content (AvgIpc) is 1.88. The monoisotopic (exact) mass is 129 g/mol. The first kappa shape index (κ1) is 7.03. The first-order valence-electron chi connectivity index (χ1n) is 3.68. The molecule has 0 aromatic heterocycles. The van der Waals surface area contributed by atoms with Crippen molar-refractivity contribution in [3.63, 3.8) is 0 Å². The van der Waals surface area contributed by atoms with Gasteiger partial charge in [0.15, 0.2) is 0 Å². The second-order valence-electron chi connectivity index (χ2n) is 2.81. The van der Waals surface area contributed by atoms with Crippen LogP contribution in [0.4, 0.5) is 0 Å². The van der Waals surface area contributed by atoms with E-state index in [1.54, 1.807) is 0 Å². The summed E-state index contributed by atoms with van der Waals surface area (Å²) >= 11 is 0. The second-order valence-corrected chi connectivity index (χ2v) is 2.81. The van der Waals surface area contributed by atoms with Gasteiger partial charge >= 0.3 is 0 Å². The summed E-state index contributed by atoms with van der Waals surface area (Å²) < 4.78 is 0. The van der Waals surface area contributed by atoms with Gasteiger partial charge in [-0.25, -0.2) is 0 Å². The summed E-state index contributed by atoms with van der Waals surface area (Å²) in [6.45, 7) is 0. The number of rotatable bonds is 1. The lowest BCUT2D eigenvalue weighted by molar-refractivity contribution is 0.114. The fraction of sp³-hybridized carbons (Fsp3) is 1.00. The summed E-state index contributed by atoms with van der Waals surface area (Å²) in [5.74, 6) is 0. The zero-order valence-electron chi connectivity index (χ0n) is 5.93. The molecule has 2 heteroatoms. The highest BCUT2D eigenvalue weighted by Crippen LogP contribution is 2.17. The summed E-state index contributed by atoms with van der Waals surface area (Å²) in [5, 5.41) is 12.3. The predicted molar refractivity (Wildman–Crippen MR) is 37.3 cm³/mol. The molecule has 2 N–H and O–H groups in total. The highest BCUT2D eigenvalue weighted by molar-refractivity contribution is 4.75. The maximum Gasteiger partial charge on any atom is 0.0555 e. The van der Waals surface area contributed by atoms with Gasteiger partial charge in [0, 0.05) is 6.04 Å². The number of aliphatic hydroxyl groups excluding tert-OH is 1. The lowest BCUT2D eigenvalue weighted by Crippen LogP contribution is -2.33. The molecule has 2 atom stereocenters. The molecule has 9 heavy (non-hydrogen) atoms. The van der Waals surface area contributed by atoms with Crippen molar-refractivity contribution < 1.29 is 5.11 Å². The van der Waals surface area contributed by atoms with Gasteiger partial charge in [-0.3, -0.25) is 0 Å². The number of hydrogen-bond acceptors (Lipinski definition) is 2. The Morgan fingerprint density at radius 1 is 1.44 bits per heavy atom. The molecule has 0 saturated heterocycles. The van der Waals surface area contributed by atoms with E-state index in [0.717, 1.165) is 12.8 Å². The average molecular weight is 129 g/mol. The second kappa shape index (κ2) is 3.18. The van der Waals surface area contributed by atoms with Crippen LogP contribution in [0.15, 0.2) is 0 Å². The zero-order chi connectivity index (χ0) is 6.69. The molecule has 0 aromatic rings. The van der Waals surface area contributed by atoms with Gasteiger partial charge in [0.05, 0.1) is 6.10 Å². The molecular formula is C7H15NO. The van der Waals surface area contributed by atoms with Crippen molar-refractivity contribution in [1.82, 2.24) is 5.32 Å². The molecule has 0 aliphatic heterocycles. The lowest BCUT2D eigenvalue weighted by atomic mass is 9.93. The molecule has 0 aromatic carbocycles. The molecule has 0 bridgehead atoms. The van der Waals surface area contributed by atoms with Crippen LogP contribution in [-0.2, 0) is 0 Å². The standard InChI is InChI=1S/C7H15NO/c1-8-6-3-2-4-7(9)5-6/h6-9H,2-5H2,1H3/t6-,7-/m0/s1. The highest BCUT2D eigenvalue weighted by Gasteiger charge is 2.17. The van der Waals surface area contributed by atoms with Crippen LogP contribution in [0.5, 0.6) is 0 Å². The van der Waals surface area contributed by atoms with E-state index in [2.05, 4.69) is 5.32 Å². The summed E-state index contributed by atoms with van der Waals surface area (Å²) in [4.78, 5) is 0. The summed E-state index contributed by atoms with van der Waals surface area (Å²) in [6.07, 6.45) is 4.30. The van der Waals surface area contributed by atoms with Gasteiger partial charge in [0.25, 0.3) is 0 Å². The Morgan fingerprint density at radius 3 is 2.67 bits per heavy atom. The third-order valence-electron chi connectivity index (χ3n) is 2.05. The van der Waals surface area contributed by atoms with E-state index in [1.807, 2.05) is 7.05 Å². The van der Waals surface area contributed by atoms with Crippen molar-refractivity contribution in [3.05, 3.63) is 0 Å². The smallest absolute Gasteiger partial charge is 0.0555 e. The molecule has 1 aliphatic carbocycles. The van der Waals surface area contributed by atoms with E-state index in [1.165, 1.54) is 12.8 Å². The molecule has 0 amide bonds. The van der Waals surface area contributed by atoms with Crippen LogP contribution in [0.3, 0.4) is 0 Å². The molecule has 0 radical (unpaired) electrons. The lowest BCUT2D eigenvalue weighted by Gasteiger charge is -2.24. The largest absolute Gasteiger partial charge is 0.393 e. The van der Waals surface area contributed by atoms with E-state index in [-0.39, 0.29) is 6.10 Å². The molecule has 0 unspecified atom stereocenters. The quantitative estimate of drug-likeness (QED) is 0.540. The highest BCUT2D eigenvalue weighted by atomic mass is 16.3. The summed E-state index contributed by atoms with van der Waals surface area (Å²) in [6, 6.07) is 0.564. The zero-order valence-corrected chi connectivity index (χ0v) is 5.93. The van der Waals surface area contributed by atoms with Crippen molar-refractivity contribution in [1.29, 1.82) is 0 Å². The van der Waals surface area contributed by atoms with E-state index < -0.39 is 0 Å². The van der Waals surface area contributed by atoms with E-state index in [0.29, 0.717) is 6.04 Å². The Hall–Kier alpha value is -0.0800. The van der Waals surface area contributed by atoms with Gasteiger partial charge < -0.3 is 10.4 Å². The van der Waals surface area contributed by atoms with Gasteiger partial charge in [0.2, 0.25) is 0 Å². The topological polar surface area (TPSA) is 32.3 Å². The van der Waals surface area contributed by atoms with Crippen LogP contribution in [-0.4, -0.2) is 24.3 Å². The minimum Gasteiger partial charge on any atom is -0.393 e. The first-order chi connectivity index (χ1) is 4.33.